The maximum atomic E-state index is 5.62. The van der Waals surface area contributed by atoms with E-state index >= 15 is 0 Å². The zero-order valence-corrected chi connectivity index (χ0v) is 11.5. The van der Waals surface area contributed by atoms with Crippen LogP contribution in [0.25, 0.3) is 10.9 Å². The Morgan fingerprint density at radius 2 is 1.70 bits per heavy atom. The molecular weight excluding hydrogens is 246 g/mol. The summed E-state index contributed by atoms with van der Waals surface area (Å²) in [6, 6.07) is 20.5. The van der Waals surface area contributed by atoms with E-state index in [1.54, 1.807) is 0 Å². The SMILES string of the molecule is CN(c1ccc(CN)cc1)c1ccc2ccccc2n1. The van der Waals surface area contributed by atoms with Gasteiger partial charge in [-0.25, -0.2) is 4.98 Å². The van der Waals surface area contributed by atoms with Crippen LogP contribution in [-0.4, -0.2) is 12.0 Å². The highest BCUT2D eigenvalue weighted by Crippen LogP contribution is 2.24. The van der Waals surface area contributed by atoms with Gasteiger partial charge in [-0.3, -0.25) is 0 Å². The summed E-state index contributed by atoms with van der Waals surface area (Å²) >= 11 is 0. The Bertz CT molecular complexity index is 720. The Hall–Kier alpha value is -2.39. The molecule has 3 rings (SSSR count). The molecule has 0 radical (unpaired) electrons. The molecule has 1 aromatic heterocycles. The summed E-state index contributed by atoms with van der Waals surface area (Å²) in [5, 5.41) is 1.16. The molecule has 0 saturated carbocycles. The molecule has 1 heterocycles. The molecule has 3 aromatic rings. The molecule has 0 aliphatic rings. The molecule has 0 aliphatic heterocycles. The van der Waals surface area contributed by atoms with Crippen LogP contribution < -0.4 is 10.6 Å². The fraction of sp³-hybridized carbons (Fsp3) is 0.118. The zero-order chi connectivity index (χ0) is 13.9. The van der Waals surface area contributed by atoms with Crippen LogP contribution in [-0.2, 0) is 6.54 Å². The van der Waals surface area contributed by atoms with Crippen molar-refractivity contribution in [2.24, 2.45) is 5.73 Å². The first-order valence-electron chi connectivity index (χ1n) is 6.66. The van der Waals surface area contributed by atoms with Crippen LogP contribution in [0.4, 0.5) is 11.5 Å². The van der Waals surface area contributed by atoms with E-state index in [-0.39, 0.29) is 0 Å². The van der Waals surface area contributed by atoms with Gasteiger partial charge >= 0.3 is 0 Å². The quantitative estimate of drug-likeness (QED) is 0.787. The predicted octanol–water partition coefficient (Wildman–Crippen LogP) is 3.46. The first-order chi connectivity index (χ1) is 9.78. The van der Waals surface area contributed by atoms with Crippen LogP contribution >= 0.6 is 0 Å². The summed E-state index contributed by atoms with van der Waals surface area (Å²) in [4.78, 5) is 6.77. The molecule has 0 spiro atoms. The van der Waals surface area contributed by atoms with Gasteiger partial charge in [-0.15, -0.1) is 0 Å². The maximum absolute atomic E-state index is 5.62. The topological polar surface area (TPSA) is 42.1 Å². The lowest BCUT2D eigenvalue weighted by molar-refractivity contribution is 1.07. The molecule has 100 valence electrons. The second kappa shape index (κ2) is 5.31. The molecule has 0 bridgehead atoms. The van der Waals surface area contributed by atoms with E-state index in [0.717, 1.165) is 28.0 Å². The molecule has 3 nitrogen and oxygen atoms in total. The van der Waals surface area contributed by atoms with Crippen molar-refractivity contribution < 1.29 is 0 Å². The number of anilines is 2. The molecule has 0 unspecified atom stereocenters. The average molecular weight is 263 g/mol. The van der Waals surface area contributed by atoms with Gasteiger partial charge in [-0.1, -0.05) is 30.3 Å². The number of pyridine rings is 1. The third kappa shape index (κ3) is 2.36. The van der Waals surface area contributed by atoms with E-state index < -0.39 is 0 Å². The summed E-state index contributed by atoms with van der Waals surface area (Å²) in [5.41, 5.74) is 8.87. The minimum absolute atomic E-state index is 0.568. The van der Waals surface area contributed by atoms with Gasteiger partial charge < -0.3 is 10.6 Å². The summed E-state index contributed by atoms with van der Waals surface area (Å²) < 4.78 is 0. The molecule has 20 heavy (non-hydrogen) atoms. The van der Waals surface area contributed by atoms with Gasteiger partial charge in [0, 0.05) is 24.7 Å². The Morgan fingerprint density at radius 3 is 2.45 bits per heavy atom. The fourth-order valence-corrected chi connectivity index (χ4v) is 2.23. The van der Waals surface area contributed by atoms with Gasteiger partial charge in [-0.2, -0.15) is 0 Å². The van der Waals surface area contributed by atoms with Crippen LogP contribution in [0.5, 0.6) is 0 Å². The van der Waals surface area contributed by atoms with Gasteiger partial charge in [0.1, 0.15) is 5.82 Å². The van der Waals surface area contributed by atoms with Crippen molar-refractivity contribution in [1.82, 2.24) is 4.98 Å². The van der Waals surface area contributed by atoms with E-state index in [0.29, 0.717) is 6.54 Å². The van der Waals surface area contributed by atoms with Gasteiger partial charge in [0.15, 0.2) is 0 Å². The summed E-state index contributed by atoms with van der Waals surface area (Å²) in [6.07, 6.45) is 0. The minimum Gasteiger partial charge on any atom is -0.329 e. The normalized spacial score (nSPS) is 10.7. The lowest BCUT2D eigenvalue weighted by atomic mass is 10.2. The second-order valence-corrected chi connectivity index (χ2v) is 4.79. The molecule has 0 saturated heterocycles. The second-order valence-electron chi connectivity index (χ2n) is 4.79. The summed E-state index contributed by atoms with van der Waals surface area (Å²) in [6.45, 7) is 0.568. The van der Waals surface area contributed by atoms with Crippen molar-refractivity contribution in [2.45, 2.75) is 6.54 Å². The van der Waals surface area contributed by atoms with Crippen LogP contribution in [0.15, 0.2) is 60.7 Å². The van der Waals surface area contributed by atoms with Crippen LogP contribution in [0.1, 0.15) is 5.56 Å². The molecule has 2 N–H and O–H groups in total. The number of para-hydroxylation sites is 1. The fourth-order valence-electron chi connectivity index (χ4n) is 2.23. The first kappa shape index (κ1) is 12.6. The average Bonchev–Trinajstić information content (AvgIpc) is 2.54. The molecule has 0 fully saturated rings. The number of rotatable bonds is 3. The minimum atomic E-state index is 0.568. The number of nitrogens with two attached hydrogens (primary N) is 1. The van der Waals surface area contributed by atoms with Gasteiger partial charge in [0.25, 0.3) is 0 Å². The molecule has 0 aliphatic carbocycles. The Morgan fingerprint density at radius 1 is 0.950 bits per heavy atom. The van der Waals surface area contributed by atoms with Crippen molar-refractivity contribution >= 4 is 22.4 Å². The highest BCUT2D eigenvalue weighted by molar-refractivity contribution is 5.81. The monoisotopic (exact) mass is 263 g/mol. The third-order valence-electron chi connectivity index (χ3n) is 3.49. The van der Waals surface area contributed by atoms with Crippen molar-refractivity contribution in [3.63, 3.8) is 0 Å². The third-order valence-corrected chi connectivity index (χ3v) is 3.49. The molecule has 0 atom stereocenters. The van der Waals surface area contributed by atoms with Crippen LogP contribution in [0.3, 0.4) is 0 Å². The molecular formula is C17H17N3. The number of hydrogen-bond donors (Lipinski definition) is 1. The van der Waals surface area contributed by atoms with Crippen molar-refractivity contribution in [2.75, 3.05) is 11.9 Å². The first-order valence-corrected chi connectivity index (χ1v) is 6.66. The predicted molar refractivity (Wildman–Crippen MR) is 84.1 cm³/mol. The number of fused-ring (bicyclic) bond motifs is 1. The highest BCUT2D eigenvalue weighted by atomic mass is 15.2. The van der Waals surface area contributed by atoms with Crippen LogP contribution in [0.2, 0.25) is 0 Å². The number of aromatic nitrogens is 1. The number of nitrogens with zero attached hydrogens (tertiary/aromatic N) is 2. The Kier molecular flexibility index (Phi) is 3.35. The van der Waals surface area contributed by atoms with Gasteiger partial charge in [-0.05, 0) is 35.9 Å². The van der Waals surface area contributed by atoms with Crippen molar-refractivity contribution in [3.8, 4) is 0 Å². The lowest BCUT2D eigenvalue weighted by Crippen LogP contribution is -2.11. The summed E-state index contributed by atoms with van der Waals surface area (Å²) in [7, 11) is 2.02. The maximum Gasteiger partial charge on any atom is 0.133 e. The molecule has 0 amide bonds. The number of benzene rings is 2. The zero-order valence-electron chi connectivity index (χ0n) is 11.5. The van der Waals surface area contributed by atoms with E-state index in [4.69, 9.17) is 10.7 Å². The Labute approximate surface area is 118 Å². The van der Waals surface area contributed by atoms with Crippen molar-refractivity contribution in [3.05, 3.63) is 66.2 Å². The van der Waals surface area contributed by atoms with Crippen LogP contribution in [0, 0.1) is 0 Å². The largest absolute Gasteiger partial charge is 0.329 e. The number of hydrogen-bond acceptors (Lipinski definition) is 3. The highest BCUT2D eigenvalue weighted by Gasteiger charge is 2.06. The summed E-state index contributed by atoms with van der Waals surface area (Å²) in [5.74, 6) is 0.934. The van der Waals surface area contributed by atoms with E-state index in [9.17, 15) is 0 Å². The van der Waals surface area contributed by atoms with E-state index in [1.165, 1.54) is 0 Å². The molecule has 2 aromatic carbocycles. The van der Waals surface area contributed by atoms with Crippen molar-refractivity contribution in [1.29, 1.82) is 0 Å². The molecule has 3 heteroatoms. The standard InChI is InChI=1S/C17H17N3/c1-20(15-9-6-13(12-18)7-10-15)17-11-8-14-4-2-3-5-16(14)19-17/h2-11H,12,18H2,1H3. The van der Waals surface area contributed by atoms with E-state index in [1.807, 2.05) is 43.4 Å². The van der Waals surface area contributed by atoms with E-state index in [2.05, 4.69) is 29.2 Å². The van der Waals surface area contributed by atoms with Gasteiger partial charge in [0.2, 0.25) is 0 Å². The lowest BCUT2D eigenvalue weighted by Gasteiger charge is -2.19. The van der Waals surface area contributed by atoms with Gasteiger partial charge in [0.05, 0.1) is 5.52 Å². The smallest absolute Gasteiger partial charge is 0.133 e. The Balaban J connectivity index is 1.96.